The lowest BCUT2D eigenvalue weighted by molar-refractivity contribution is -0.175. The van der Waals surface area contributed by atoms with Crippen molar-refractivity contribution in [3.05, 3.63) is 58.7 Å². The number of carbonyl (C=O) groups excluding carboxylic acids is 4. The minimum Gasteiger partial charge on any atom is -0.495 e. The summed E-state index contributed by atoms with van der Waals surface area (Å²) in [5.41, 5.74) is -1.71. The third-order valence-corrected chi connectivity index (χ3v) is 12.8. The van der Waals surface area contributed by atoms with Gasteiger partial charge >= 0.3 is 11.9 Å². The maximum atomic E-state index is 14.6. The number of nitrogens with zero attached hydrogens (tertiary/aromatic N) is 2. The zero-order valence-corrected chi connectivity index (χ0v) is 33.6. The number of hydrogen-bond donors (Lipinski definition) is 1. The lowest BCUT2D eigenvalue weighted by atomic mass is 9.72. The number of benzene rings is 1. The molecule has 0 aliphatic carbocycles. The van der Waals surface area contributed by atoms with Crippen molar-refractivity contribution < 1.29 is 48.0 Å². The largest absolute Gasteiger partial charge is 0.495 e. The Morgan fingerprint density at radius 1 is 1.17 bits per heavy atom. The summed E-state index contributed by atoms with van der Waals surface area (Å²) in [6, 6.07) is 2.41. The number of amides is 2. The molecule has 0 aromatic heterocycles. The van der Waals surface area contributed by atoms with Crippen molar-refractivity contribution in [1.29, 1.82) is 0 Å². The van der Waals surface area contributed by atoms with E-state index in [-0.39, 0.29) is 49.8 Å². The summed E-state index contributed by atoms with van der Waals surface area (Å²) >= 11 is 6.94. The number of hydrogen-bond acceptors (Lipinski definition) is 12. The maximum Gasteiger partial charge on any atom is 0.331 e. The third kappa shape index (κ3) is 8.94. The van der Waals surface area contributed by atoms with E-state index in [4.69, 9.17) is 35.3 Å². The van der Waals surface area contributed by atoms with Gasteiger partial charge in [0.2, 0.25) is 11.8 Å². The van der Waals surface area contributed by atoms with Crippen molar-refractivity contribution in [2.45, 2.75) is 88.4 Å². The second-order valence-electron chi connectivity index (χ2n) is 14.6. The number of halogens is 1. The van der Waals surface area contributed by atoms with E-state index < -0.39 is 58.8 Å². The Morgan fingerprint density at radius 2 is 1.92 bits per heavy atom. The van der Waals surface area contributed by atoms with E-state index in [0.717, 1.165) is 11.1 Å². The van der Waals surface area contributed by atoms with Crippen LogP contribution in [-0.2, 0) is 44.5 Å². The molecule has 0 radical (unpaired) electrons. The second kappa shape index (κ2) is 16.8. The second-order valence-corrected chi connectivity index (χ2v) is 17.7. The molecule has 4 aliphatic rings. The van der Waals surface area contributed by atoms with Crippen LogP contribution in [0.2, 0.25) is 5.02 Å². The Hall–Kier alpha value is -3.01. The number of allylic oxidation sites excluding steroid dienone is 3. The molecule has 8 bridgehead atoms. The summed E-state index contributed by atoms with van der Waals surface area (Å²) in [4.78, 5) is 57.9. The van der Waals surface area contributed by atoms with Crippen molar-refractivity contribution in [2.24, 2.45) is 5.41 Å². The van der Waals surface area contributed by atoms with Gasteiger partial charge in [0.05, 0.1) is 32.4 Å². The van der Waals surface area contributed by atoms with Crippen molar-refractivity contribution in [1.82, 2.24) is 4.90 Å². The van der Waals surface area contributed by atoms with Gasteiger partial charge in [-0.25, -0.2) is 9.59 Å². The standard InChI is InChI=1S/C38H49ClN2O10S2/c1-23-9-8-10-28(48-6)38(46)13-11-33(44)50-30(19-38)36(2)21-37(3,49-22-36)29-18-32(43)41(25-16-24(15-23)17-27(47-5)34(25)39)20-26(35(45)51-29)40(4)31(42)12-14-53-52-7/h8-11,13,16-17,26,28-30,46H,12,14-15,18-22H2,1-7H3/b10-8+,23-9+/t26-,28+,29-,30-,36-,37+,38-/m0/s1. The van der Waals surface area contributed by atoms with Crippen molar-refractivity contribution in [3.8, 4) is 5.75 Å². The summed E-state index contributed by atoms with van der Waals surface area (Å²) in [7, 11) is 7.58. The lowest BCUT2D eigenvalue weighted by Crippen LogP contribution is -2.57. The lowest BCUT2D eigenvalue weighted by Gasteiger charge is -2.41. The highest BCUT2D eigenvalue weighted by Crippen LogP contribution is 2.49. The fourth-order valence-electron chi connectivity index (χ4n) is 7.58. The Labute approximate surface area is 323 Å². The molecule has 2 amide bonds. The van der Waals surface area contributed by atoms with Crippen LogP contribution in [0.25, 0.3) is 0 Å². The highest BCUT2D eigenvalue weighted by molar-refractivity contribution is 8.76. The number of likely N-dealkylation sites (N-methyl/N-ethyl adjacent to an activating group) is 1. The third-order valence-electron chi connectivity index (χ3n) is 10.6. The Bertz CT molecular complexity index is 1690. The average molecular weight is 793 g/mol. The molecule has 4 aliphatic heterocycles. The van der Waals surface area contributed by atoms with E-state index in [0.29, 0.717) is 23.6 Å². The van der Waals surface area contributed by atoms with Gasteiger partial charge in [0.15, 0.2) is 0 Å². The van der Waals surface area contributed by atoms with Crippen molar-refractivity contribution in [3.63, 3.8) is 0 Å². The van der Waals surface area contributed by atoms with Crippen LogP contribution >= 0.6 is 33.2 Å². The number of esters is 2. The molecular formula is C38H49ClN2O10S2. The zero-order chi connectivity index (χ0) is 38.7. The number of aliphatic hydroxyl groups is 1. The number of ether oxygens (including phenoxy) is 5. The van der Waals surface area contributed by atoms with Gasteiger partial charge in [-0.05, 0) is 56.7 Å². The molecular weight excluding hydrogens is 744 g/mol. The van der Waals surface area contributed by atoms with Crippen LogP contribution in [0.1, 0.15) is 52.0 Å². The quantitative estimate of drug-likeness (QED) is 0.224. The molecule has 0 spiro atoms. The van der Waals surface area contributed by atoms with Gasteiger partial charge in [-0.3, -0.25) is 9.59 Å². The number of methoxy groups -OCH3 is 2. The summed E-state index contributed by atoms with van der Waals surface area (Å²) < 4.78 is 30.0. The molecule has 1 aromatic carbocycles. The first-order chi connectivity index (χ1) is 25.1. The van der Waals surface area contributed by atoms with E-state index in [1.165, 1.54) is 54.0 Å². The molecule has 0 unspecified atom stereocenters. The minimum atomic E-state index is -1.63. The molecule has 1 N–H and O–H groups in total. The van der Waals surface area contributed by atoms with Crippen molar-refractivity contribution in [2.75, 3.05) is 51.3 Å². The number of carbonyl (C=O) groups is 4. The monoisotopic (exact) mass is 792 g/mol. The molecule has 15 heteroatoms. The number of rotatable bonds is 7. The van der Waals surface area contributed by atoms with Crippen LogP contribution in [0, 0.1) is 5.41 Å². The van der Waals surface area contributed by atoms with E-state index in [9.17, 15) is 24.3 Å². The summed E-state index contributed by atoms with van der Waals surface area (Å²) in [5.74, 6) is -1.13. The zero-order valence-electron chi connectivity index (χ0n) is 31.2. The summed E-state index contributed by atoms with van der Waals surface area (Å²) in [6.45, 7) is 5.44. The van der Waals surface area contributed by atoms with Gasteiger partial charge < -0.3 is 38.6 Å². The predicted molar refractivity (Wildman–Crippen MR) is 205 cm³/mol. The van der Waals surface area contributed by atoms with Gasteiger partial charge in [0.1, 0.15) is 46.3 Å². The highest BCUT2D eigenvalue weighted by Gasteiger charge is 2.57. The van der Waals surface area contributed by atoms with Crippen molar-refractivity contribution >= 4 is 62.6 Å². The summed E-state index contributed by atoms with van der Waals surface area (Å²) in [5, 5.41) is 12.2. The molecule has 7 atom stereocenters. The van der Waals surface area contributed by atoms with Crippen LogP contribution in [0.4, 0.5) is 5.69 Å². The normalized spacial score (nSPS) is 33.6. The molecule has 53 heavy (non-hydrogen) atoms. The Morgan fingerprint density at radius 3 is 2.62 bits per heavy atom. The topological polar surface area (TPSA) is 141 Å². The van der Waals surface area contributed by atoms with Gasteiger partial charge in [-0.2, -0.15) is 0 Å². The van der Waals surface area contributed by atoms with Crippen LogP contribution < -0.4 is 9.64 Å². The minimum absolute atomic E-state index is 0.0121. The van der Waals surface area contributed by atoms with Gasteiger partial charge in [-0.15, -0.1) is 0 Å². The first kappa shape index (κ1) is 41.2. The molecule has 290 valence electrons. The predicted octanol–water partition coefficient (Wildman–Crippen LogP) is 5.09. The fraction of sp³-hybridized carbons (Fsp3) is 0.579. The van der Waals surface area contributed by atoms with E-state index in [1.807, 2.05) is 26.2 Å². The molecule has 1 aromatic rings. The van der Waals surface area contributed by atoms with Crippen LogP contribution in [0.15, 0.2) is 48.1 Å². The smallest absolute Gasteiger partial charge is 0.331 e. The molecule has 2 saturated heterocycles. The number of fused-ring (bicyclic) bond motifs is 12. The van der Waals surface area contributed by atoms with E-state index in [2.05, 4.69) is 0 Å². The SMILES string of the molecule is COc1cc2cc(c1Cl)N1C[C@H](N(C)C(=O)CCSSC)C(=O)O[C@@H](CC1=O)[C@@]1(C)C[C@@](C)(CO1)[C@@H]1C[C@@](O)(C=CC(=O)O1)[C@H](OC)/C=C/C=C(\C)C2. The maximum absolute atomic E-state index is 14.6. The number of anilines is 1. The molecule has 2 fully saturated rings. The summed E-state index contributed by atoms with van der Waals surface area (Å²) in [6.07, 6.45) is 7.69. The Balaban J connectivity index is 1.66. The molecule has 0 saturated carbocycles. The molecule has 4 heterocycles. The van der Waals surface area contributed by atoms with E-state index in [1.54, 1.807) is 42.0 Å². The fourth-order valence-corrected chi connectivity index (χ4v) is 9.04. The molecule has 5 rings (SSSR count). The average Bonchev–Trinajstić information content (AvgIpc) is 3.35. The Kier molecular flexibility index (Phi) is 13.0. The van der Waals surface area contributed by atoms with Gasteiger partial charge in [0, 0.05) is 44.2 Å². The first-order valence-corrected chi connectivity index (χ1v) is 20.6. The van der Waals surface area contributed by atoms with Crippen LogP contribution in [-0.4, -0.2) is 116 Å². The first-order valence-electron chi connectivity index (χ1n) is 17.5. The van der Waals surface area contributed by atoms with Gasteiger partial charge in [0.25, 0.3) is 0 Å². The highest BCUT2D eigenvalue weighted by atomic mass is 35.5. The van der Waals surface area contributed by atoms with E-state index >= 15 is 0 Å². The van der Waals surface area contributed by atoms with Crippen LogP contribution in [0.5, 0.6) is 5.75 Å². The van der Waals surface area contributed by atoms with Gasteiger partial charge in [-0.1, -0.05) is 63.9 Å². The van der Waals surface area contributed by atoms with Crippen LogP contribution in [0.3, 0.4) is 0 Å². The molecule has 12 nitrogen and oxygen atoms in total.